The molecule has 0 saturated carbocycles. The van der Waals surface area contributed by atoms with Gasteiger partial charge < -0.3 is 9.67 Å². The number of hydrogen-bond acceptors (Lipinski definition) is 3. The molecule has 0 aliphatic heterocycles. The molecule has 1 aliphatic carbocycles. The summed E-state index contributed by atoms with van der Waals surface area (Å²) in [7, 11) is 1.76. The summed E-state index contributed by atoms with van der Waals surface area (Å²) in [6, 6.07) is 4.43. The first-order chi connectivity index (χ1) is 12.7. The van der Waals surface area contributed by atoms with E-state index in [1.165, 1.54) is 30.4 Å². The molecule has 3 rings (SSSR count). The number of allylic oxidation sites excluding steroid dienone is 1. The number of carbonyl (C=O) groups excluding carboxylic acids is 1. The Morgan fingerprint density at radius 1 is 1.30 bits per heavy atom. The predicted octanol–water partition coefficient (Wildman–Crippen LogP) is 3.13. The van der Waals surface area contributed by atoms with Crippen LogP contribution in [0, 0.1) is 11.8 Å². The minimum absolute atomic E-state index is 0.0769. The molecular weight excluding hydrogens is 357 g/mol. The van der Waals surface area contributed by atoms with Crippen LogP contribution >= 0.6 is 0 Å². The molecule has 1 aliphatic rings. The maximum atomic E-state index is 12.6. The summed E-state index contributed by atoms with van der Waals surface area (Å²) >= 11 is 0. The zero-order valence-corrected chi connectivity index (χ0v) is 14.3. The molecule has 2 aromatic rings. The van der Waals surface area contributed by atoms with Crippen LogP contribution in [-0.4, -0.2) is 26.0 Å². The van der Waals surface area contributed by atoms with Gasteiger partial charge in [0.2, 0.25) is 0 Å². The average molecular weight is 372 g/mol. The molecule has 1 heterocycles. The molecule has 138 valence electrons. The Balaban J connectivity index is 1.80. The van der Waals surface area contributed by atoms with Gasteiger partial charge in [-0.25, -0.2) is 4.98 Å². The molecule has 1 aromatic heterocycles. The Hall–Kier alpha value is -3.11. The number of ketones is 1. The van der Waals surface area contributed by atoms with Crippen LogP contribution in [0.5, 0.6) is 0 Å². The van der Waals surface area contributed by atoms with Crippen LogP contribution in [0.3, 0.4) is 0 Å². The molecule has 0 spiro atoms. The van der Waals surface area contributed by atoms with Crippen LogP contribution in [0.25, 0.3) is 6.08 Å². The van der Waals surface area contributed by atoms with Crippen LogP contribution in [0.15, 0.2) is 54.4 Å². The SMILES string of the molecule is Cn1ccnc1/C=C1/C(=O)C=CC1(O)CC#Cc1ccc(C(F)(F)F)cc1. The number of benzene rings is 1. The van der Waals surface area contributed by atoms with E-state index in [0.29, 0.717) is 11.4 Å². The fraction of sp³-hybridized carbons (Fsp3) is 0.200. The lowest BCUT2D eigenvalue weighted by Crippen LogP contribution is -2.27. The quantitative estimate of drug-likeness (QED) is 0.651. The van der Waals surface area contributed by atoms with E-state index in [2.05, 4.69) is 16.8 Å². The number of aryl methyl sites for hydroxylation is 1. The van der Waals surface area contributed by atoms with E-state index in [0.717, 1.165) is 12.1 Å². The fourth-order valence-corrected chi connectivity index (χ4v) is 2.63. The smallest absolute Gasteiger partial charge is 0.380 e. The third-order valence-corrected chi connectivity index (χ3v) is 4.18. The van der Waals surface area contributed by atoms with Gasteiger partial charge in [0.1, 0.15) is 11.4 Å². The zero-order chi connectivity index (χ0) is 19.7. The number of hydrogen-bond donors (Lipinski definition) is 1. The van der Waals surface area contributed by atoms with Crippen molar-refractivity contribution in [3.63, 3.8) is 0 Å². The third kappa shape index (κ3) is 4.01. The van der Waals surface area contributed by atoms with Crippen LogP contribution in [0.4, 0.5) is 13.2 Å². The third-order valence-electron chi connectivity index (χ3n) is 4.18. The van der Waals surface area contributed by atoms with Crippen molar-refractivity contribution < 1.29 is 23.1 Å². The summed E-state index contributed by atoms with van der Waals surface area (Å²) in [6.45, 7) is 0. The minimum Gasteiger partial charge on any atom is -0.380 e. The number of aromatic nitrogens is 2. The highest BCUT2D eigenvalue weighted by Crippen LogP contribution is 2.31. The van der Waals surface area contributed by atoms with E-state index in [1.807, 2.05) is 0 Å². The van der Waals surface area contributed by atoms with E-state index in [1.54, 1.807) is 24.0 Å². The Morgan fingerprint density at radius 3 is 2.59 bits per heavy atom. The lowest BCUT2D eigenvalue weighted by molar-refractivity contribution is -0.137. The maximum Gasteiger partial charge on any atom is 0.416 e. The summed E-state index contributed by atoms with van der Waals surface area (Å²) in [5, 5.41) is 10.8. The van der Waals surface area contributed by atoms with E-state index in [4.69, 9.17) is 0 Å². The van der Waals surface area contributed by atoms with Crippen LogP contribution in [-0.2, 0) is 18.0 Å². The van der Waals surface area contributed by atoms with Gasteiger partial charge in [-0.15, -0.1) is 0 Å². The highest BCUT2D eigenvalue weighted by Gasteiger charge is 2.37. The second-order valence-corrected chi connectivity index (χ2v) is 6.13. The highest BCUT2D eigenvalue weighted by molar-refractivity contribution is 6.11. The number of aliphatic hydroxyl groups is 1. The molecule has 1 unspecified atom stereocenters. The second-order valence-electron chi connectivity index (χ2n) is 6.13. The predicted molar refractivity (Wildman–Crippen MR) is 93.2 cm³/mol. The average Bonchev–Trinajstić information content (AvgIpc) is 3.13. The molecule has 0 radical (unpaired) electrons. The number of rotatable bonds is 2. The van der Waals surface area contributed by atoms with Crippen LogP contribution in [0.2, 0.25) is 0 Å². The molecule has 7 heteroatoms. The first-order valence-corrected chi connectivity index (χ1v) is 8.01. The molecule has 0 amide bonds. The van der Waals surface area contributed by atoms with Gasteiger partial charge in [-0.3, -0.25) is 4.79 Å². The first kappa shape index (κ1) is 18.7. The van der Waals surface area contributed by atoms with Crippen molar-refractivity contribution in [1.29, 1.82) is 0 Å². The summed E-state index contributed by atoms with van der Waals surface area (Å²) < 4.78 is 39.4. The lowest BCUT2D eigenvalue weighted by Gasteiger charge is -2.19. The standard InChI is InChI=1S/C20H15F3N2O2/c1-25-12-11-24-18(25)13-16-17(26)8-10-19(16,27)9-2-3-14-4-6-15(7-5-14)20(21,22)23/h4-8,10-13,27H,9H2,1H3/b16-13-. The molecule has 4 nitrogen and oxygen atoms in total. The van der Waals surface area contributed by atoms with Gasteiger partial charge in [-0.2, -0.15) is 13.2 Å². The van der Waals surface area contributed by atoms with Crippen molar-refractivity contribution in [2.75, 3.05) is 0 Å². The Morgan fingerprint density at radius 2 is 2.00 bits per heavy atom. The number of alkyl halides is 3. The van der Waals surface area contributed by atoms with E-state index in [9.17, 15) is 23.1 Å². The summed E-state index contributed by atoms with van der Waals surface area (Å²) in [6.07, 6.45) is 2.95. The monoisotopic (exact) mass is 372 g/mol. The van der Waals surface area contributed by atoms with Gasteiger partial charge in [0, 0.05) is 37.0 Å². The van der Waals surface area contributed by atoms with Gasteiger partial charge in [0.25, 0.3) is 0 Å². The summed E-state index contributed by atoms with van der Waals surface area (Å²) in [4.78, 5) is 16.2. The van der Waals surface area contributed by atoms with Gasteiger partial charge >= 0.3 is 6.18 Å². The fourth-order valence-electron chi connectivity index (χ4n) is 2.63. The molecule has 1 N–H and O–H groups in total. The molecule has 0 saturated heterocycles. The molecule has 27 heavy (non-hydrogen) atoms. The van der Waals surface area contributed by atoms with Crippen molar-refractivity contribution in [2.24, 2.45) is 7.05 Å². The Bertz CT molecular complexity index is 989. The molecule has 0 fully saturated rings. The lowest BCUT2D eigenvalue weighted by atomic mass is 9.92. The van der Waals surface area contributed by atoms with E-state index in [-0.39, 0.29) is 17.8 Å². The van der Waals surface area contributed by atoms with Gasteiger partial charge in [0.05, 0.1) is 5.56 Å². The van der Waals surface area contributed by atoms with Crippen LogP contribution < -0.4 is 0 Å². The first-order valence-electron chi connectivity index (χ1n) is 8.01. The Labute approximate surface area is 153 Å². The zero-order valence-electron chi connectivity index (χ0n) is 14.3. The van der Waals surface area contributed by atoms with Crippen molar-refractivity contribution in [3.05, 3.63) is 71.3 Å². The highest BCUT2D eigenvalue weighted by atomic mass is 19.4. The van der Waals surface area contributed by atoms with Gasteiger partial charge in [-0.05, 0) is 42.5 Å². The number of nitrogens with zero attached hydrogens (tertiary/aromatic N) is 2. The Kier molecular flexibility index (Phi) is 4.77. The van der Waals surface area contributed by atoms with Crippen molar-refractivity contribution >= 4 is 11.9 Å². The minimum atomic E-state index is -4.40. The van der Waals surface area contributed by atoms with Crippen molar-refractivity contribution in [1.82, 2.24) is 9.55 Å². The van der Waals surface area contributed by atoms with Crippen LogP contribution in [0.1, 0.15) is 23.4 Å². The van der Waals surface area contributed by atoms with E-state index >= 15 is 0 Å². The molecular formula is C20H15F3N2O2. The molecule has 0 bridgehead atoms. The number of halogens is 3. The summed E-state index contributed by atoms with van der Waals surface area (Å²) in [5.41, 5.74) is -1.79. The van der Waals surface area contributed by atoms with Crippen molar-refractivity contribution in [3.8, 4) is 11.8 Å². The normalized spacial score (nSPS) is 20.8. The topological polar surface area (TPSA) is 55.1 Å². The largest absolute Gasteiger partial charge is 0.416 e. The second kappa shape index (κ2) is 6.89. The molecule has 1 atom stereocenters. The van der Waals surface area contributed by atoms with Gasteiger partial charge in [0.15, 0.2) is 5.78 Å². The van der Waals surface area contributed by atoms with Crippen molar-refractivity contribution in [2.45, 2.75) is 18.2 Å². The number of carbonyl (C=O) groups is 1. The van der Waals surface area contributed by atoms with Gasteiger partial charge in [-0.1, -0.05) is 11.8 Å². The molecule has 1 aromatic carbocycles. The number of imidazole rings is 1. The summed E-state index contributed by atoms with van der Waals surface area (Å²) in [5.74, 6) is 5.62. The van der Waals surface area contributed by atoms with E-state index < -0.39 is 17.3 Å². The maximum absolute atomic E-state index is 12.6.